The molecule has 0 bridgehead atoms. The summed E-state index contributed by atoms with van der Waals surface area (Å²) in [7, 11) is 0. The number of nitrogens with zero attached hydrogens (tertiary/aromatic N) is 2. The zero-order chi connectivity index (χ0) is 12.3. The molecule has 2 aromatic heterocycles. The Bertz CT molecular complexity index is 525. The van der Waals surface area contributed by atoms with E-state index in [0.29, 0.717) is 11.6 Å². The third-order valence-electron chi connectivity index (χ3n) is 1.98. The van der Waals surface area contributed by atoms with Crippen molar-refractivity contribution in [2.45, 2.75) is 6.92 Å². The summed E-state index contributed by atoms with van der Waals surface area (Å²) in [6.07, 6.45) is 3.29. The van der Waals surface area contributed by atoms with E-state index in [9.17, 15) is 4.79 Å². The molecule has 5 nitrogen and oxygen atoms in total. The van der Waals surface area contributed by atoms with Crippen molar-refractivity contribution in [1.82, 2.24) is 9.97 Å². The van der Waals surface area contributed by atoms with E-state index in [1.807, 2.05) is 6.07 Å². The third kappa shape index (κ3) is 2.42. The first-order valence-corrected chi connectivity index (χ1v) is 5.81. The maximum Gasteiger partial charge on any atom is 0.351 e. The largest absolute Gasteiger partial charge is 0.477 e. The molecular weight excluding hydrogens is 240 g/mol. The fraction of sp³-hybridized carbons (Fsp3) is 0.182. The molecule has 0 fully saturated rings. The van der Waals surface area contributed by atoms with Crippen molar-refractivity contribution in [3.05, 3.63) is 29.4 Å². The fourth-order valence-electron chi connectivity index (χ4n) is 1.29. The van der Waals surface area contributed by atoms with E-state index >= 15 is 0 Å². The lowest BCUT2D eigenvalue weighted by atomic mass is 10.3. The van der Waals surface area contributed by atoms with Crippen molar-refractivity contribution in [2.24, 2.45) is 0 Å². The van der Waals surface area contributed by atoms with Crippen molar-refractivity contribution in [2.75, 3.05) is 6.61 Å². The average molecular weight is 250 g/mol. The number of hydrogen-bond donors (Lipinski definition) is 1. The minimum absolute atomic E-state index is 0.116. The highest BCUT2D eigenvalue weighted by Crippen LogP contribution is 2.32. The van der Waals surface area contributed by atoms with Gasteiger partial charge in [-0.15, -0.1) is 11.3 Å². The number of carbonyl (C=O) groups is 1. The quantitative estimate of drug-likeness (QED) is 0.901. The van der Waals surface area contributed by atoms with E-state index in [-0.39, 0.29) is 10.8 Å². The highest BCUT2D eigenvalue weighted by Gasteiger charge is 2.19. The molecule has 2 aromatic rings. The second kappa shape index (κ2) is 4.92. The van der Waals surface area contributed by atoms with Crippen molar-refractivity contribution < 1.29 is 14.6 Å². The van der Waals surface area contributed by atoms with Gasteiger partial charge in [0.1, 0.15) is 5.01 Å². The smallest absolute Gasteiger partial charge is 0.351 e. The van der Waals surface area contributed by atoms with E-state index < -0.39 is 5.97 Å². The van der Waals surface area contributed by atoms with Gasteiger partial charge in [0, 0.05) is 18.0 Å². The van der Waals surface area contributed by atoms with Crippen molar-refractivity contribution in [3.63, 3.8) is 0 Å². The van der Waals surface area contributed by atoms with Crippen LogP contribution in [0, 0.1) is 0 Å². The number of aromatic carboxylic acids is 1. The highest BCUT2D eigenvalue weighted by molar-refractivity contribution is 7.17. The predicted molar refractivity (Wildman–Crippen MR) is 63.5 cm³/mol. The summed E-state index contributed by atoms with van der Waals surface area (Å²) in [5, 5.41) is 9.62. The molecule has 0 unspecified atom stereocenters. The lowest BCUT2D eigenvalue weighted by molar-refractivity contribution is 0.0697. The highest BCUT2D eigenvalue weighted by atomic mass is 32.1. The van der Waals surface area contributed by atoms with Gasteiger partial charge < -0.3 is 9.84 Å². The Hall–Kier alpha value is -1.95. The van der Waals surface area contributed by atoms with Crippen LogP contribution in [0.4, 0.5) is 0 Å². The molecule has 0 saturated carbocycles. The van der Waals surface area contributed by atoms with Gasteiger partial charge in [-0.3, -0.25) is 4.98 Å². The number of rotatable bonds is 4. The number of ether oxygens (including phenoxy) is 1. The van der Waals surface area contributed by atoms with Crippen LogP contribution in [0.1, 0.15) is 16.6 Å². The second-order valence-corrected chi connectivity index (χ2v) is 4.13. The minimum atomic E-state index is -1.03. The Morgan fingerprint density at radius 2 is 2.41 bits per heavy atom. The van der Waals surface area contributed by atoms with Crippen LogP contribution in [0.25, 0.3) is 10.6 Å². The molecule has 2 rings (SSSR count). The van der Waals surface area contributed by atoms with E-state index in [1.54, 1.807) is 25.4 Å². The van der Waals surface area contributed by atoms with Crippen LogP contribution in [0.3, 0.4) is 0 Å². The third-order valence-corrected chi connectivity index (χ3v) is 3.05. The van der Waals surface area contributed by atoms with Crippen molar-refractivity contribution in [1.29, 1.82) is 0 Å². The predicted octanol–water partition coefficient (Wildman–Crippen LogP) is 2.30. The van der Waals surface area contributed by atoms with E-state index in [0.717, 1.165) is 16.9 Å². The molecule has 0 radical (unpaired) electrons. The van der Waals surface area contributed by atoms with Crippen LogP contribution in [0.5, 0.6) is 5.88 Å². The Balaban J connectivity index is 2.44. The summed E-state index contributed by atoms with van der Waals surface area (Å²) < 4.78 is 5.20. The lowest BCUT2D eigenvalue weighted by Crippen LogP contribution is -1.99. The molecule has 0 aliphatic carbocycles. The molecule has 88 valence electrons. The first kappa shape index (κ1) is 11.5. The number of thiazole rings is 1. The number of carboxylic acid groups (broad SMARTS) is 1. The Morgan fingerprint density at radius 1 is 1.59 bits per heavy atom. The number of carboxylic acids is 1. The lowest BCUT2D eigenvalue weighted by Gasteiger charge is -1.97. The van der Waals surface area contributed by atoms with E-state index in [2.05, 4.69) is 9.97 Å². The van der Waals surface area contributed by atoms with Gasteiger partial charge in [0.15, 0.2) is 4.88 Å². The maximum atomic E-state index is 11.0. The summed E-state index contributed by atoms with van der Waals surface area (Å²) in [6, 6.07) is 3.60. The monoisotopic (exact) mass is 250 g/mol. The Morgan fingerprint density at radius 3 is 3.00 bits per heavy atom. The van der Waals surface area contributed by atoms with Gasteiger partial charge in [-0.25, -0.2) is 9.78 Å². The molecule has 1 N–H and O–H groups in total. The van der Waals surface area contributed by atoms with Crippen LogP contribution in [-0.4, -0.2) is 27.7 Å². The van der Waals surface area contributed by atoms with Crippen LogP contribution < -0.4 is 4.74 Å². The van der Waals surface area contributed by atoms with Crippen LogP contribution in [0.15, 0.2) is 24.5 Å². The van der Waals surface area contributed by atoms with E-state index in [1.165, 1.54) is 0 Å². The number of aromatic nitrogens is 2. The molecule has 17 heavy (non-hydrogen) atoms. The summed E-state index contributed by atoms with van der Waals surface area (Å²) in [5.74, 6) is -0.857. The molecule has 2 heterocycles. The summed E-state index contributed by atoms with van der Waals surface area (Å²) in [6.45, 7) is 2.17. The topological polar surface area (TPSA) is 72.3 Å². The van der Waals surface area contributed by atoms with E-state index in [4.69, 9.17) is 9.84 Å². The van der Waals surface area contributed by atoms with Crippen LogP contribution >= 0.6 is 11.3 Å². The van der Waals surface area contributed by atoms with Gasteiger partial charge in [0.05, 0.1) is 6.61 Å². The molecule has 0 aliphatic heterocycles. The normalized spacial score (nSPS) is 10.2. The average Bonchev–Trinajstić information content (AvgIpc) is 2.75. The second-order valence-electron chi connectivity index (χ2n) is 3.13. The van der Waals surface area contributed by atoms with Crippen molar-refractivity contribution in [3.8, 4) is 16.5 Å². The minimum Gasteiger partial charge on any atom is -0.477 e. The first-order chi connectivity index (χ1) is 8.22. The maximum absolute atomic E-state index is 11.0. The Kier molecular flexibility index (Phi) is 3.34. The van der Waals surface area contributed by atoms with Gasteiger partial charge >= 0.3 is 5.97 Å². The molecule has 0 amide bonds. The molecule has 0 saturated heterocycles. The molecule has 0 spiro atoms. The van der Waals surface area contributed by atoms with Crippen LogP contribution in [0.2, 0.25) is 0 Å². The zero-order valence-corrected chi connectivity index (χ0v) is 9.90. The van der Waals surface area contributed by atoms with Crippen LogP contribution in [-0.2, 0) is 0 Å². The molecule has 0 aromatic carbocycles. The van der Waals surface area contributed by atoms with Gasteiger partial charge in [-0.1, -0.05) is 0 Å². The molecular formula is C11H10N2O3S. The van der Waals surface area contributed by atoms with Gasteiger partial charge in [0.2, 0.25) is 5.88 Å². The zero-order valence-electron chi connectivity index (χ0n) is 9.08. The van der Waals surface area contributed by atoms with Gasteiger partial charge in [-0.2, -0.15) is 0 Å². The molecule has 0 atom stereocenters. The van der Waals surface area contributed by atoms with Gasteiger partial charge in [-0.05, 0) is 19.1 Å². The number of pyridine rings is 1. The van der Waals surface area contributed by atoms with Crippen molar-refractivity contribution >= 4 is 17.3 Å². The SMILES string of the molecule is CCOc1nc(-c2cccnc2)sc1C(=O)O. The Labute approximate surface area is 102 Å². The van der Waals surface area contributed by atoms with Gasteiger partial charge in [0.25, 0.3) is 0 Å². The summed E-state index contributed by atoms with van der Waals surface area (Å²) in [5.41, 5.74) is 0.783. The number of hydrogen-bond acceptors (Lipinski definition) is 5. The standard InChI is InChI=1S/C11H10N2O3S/c1-2-16-9-8(11(14)15)17-10(13-9)7-4-3-5-12-6-7/h3-6H,2H2,1H3,(H,14,15). The molecule has 6 heteroatoms. The first-order valence-electron chi connectivity index (χ1n) is 4.99. The summed E-state index contributed by atoms with van der Waals surface area (Å²) in [4.78, 5) is 19.3. The fourth-order valence-corrected chi connectivity index (χ4v) is 2.13. The molecule has 0 aliphatic rings. The summed E-state index contributed by atoms with van der Waals surface area (Å²) >= 11 is 1.08.